The molecule has 0 atom stereocenters. The first-order chi connectivity index (χ1) is 6.22. The van der Waals surface area contributed by atoms with E-state index in [0.717, 1.165) is 4.88 Å². The van der Waals surface area contributed by atoms with Crippen LogP contribution in [0, 0.1) is 6.92 Å². The van der Waals surface area contributed by atoms with Crippen LogP contribution in [0.4, 0.5) is 9.93 Å². The fraction of sp³-hybridized carbons (Fsp3) is 0.250. The lowest BCUT2D eigenvalue weighted by Gasteiger charge is -2.00. The summed E-state index contributed by atoms with van der Waals surface area (Å²) in [6, 6.07) is 0. The maximum absolute atomic E-state index is 11.0. The predicted octanol–water partition coefficient (Wildman–Crippen LogP) is 2.19. The van der Waals surface area contributed by atoms with E-state index in [1.807, 2.05) is 6.92 Å². The molecule has 1 aromatic heterocycles. The van der Waals surface area contributed by atoms with Crippen molar-refractivity contribution in [2.45, 2.75) is 6.92 Å². The number of carbonyl (C=O) groups is 1. The molecule has 1 rings (SSSR count). The van der Waals surface area contributed by atoms with Gasteiger partial charge in [0, 0.05) is 11.1 Å². The van der Waals surface area contributed by atoms with Crippen LogP contribution < -0.4 is 5.32 Å². The fourth-order valence-corrected chi connectivity index (χ4v) is 1.32. The van der Waals surface area contributed by atoms with Crippen molar-refractivity contribution < 1.29 is 9.53 Å². The summed E-state index contributed by atoms with van der Waals surface area (Å²) in [5, 5.41) is 3.04. The lowest BCUT2D eigenvalue weighted by Crippen LogP contribution is -2.13. The van der Waals surface area contributed by atoms with Gasteiger partial charge < -0.3 is 4.74 Å². The van der Waals surface area contributed by atoms with Gasteiger partial charge in [0.2, 0.25) is 0 Å². The summed E-state index contributed by atoms with van der Waals surface area (Å²) in [5.74, 6) is 0. The van der Waals surface area contributed by atoms with Gasteiger partial charge in [-0.3, -0.25) is 5.32 Å². The number of carbonyl (C=O) groups excluding carboxylic acids is 1. The number of nitrogens with one attached hydrogen (secondary N) is 1. The molecular weight excluding hydrogens is 188 g/mol. The molecule has 0 aromatic carbocycles. The van der Waals surface area contributed by atoms with E-state index in [-0.39, 0.29) is 6.61 Å². The molecule has 5 heteroatoms. The maximum Gasteiger partial charge on any atom is 0.413 e. The van der Waals surface area contributed by atoms with Gasteiger partial charge in [-0.2, -0.15) is 0 Å². The first-order valence-electron chi connectivity index (χ1n) is 3.69. The second-order valence-corrected chi connectivity index (χ2v) is 3.52. The number of anilines is 1. The molecular formula is C8H10N2O2S. The normalized spacial score (nSPS) is 9.31. The van der Waals surface area contributed by atoms with Gasteiger partial charge in [-0.05, 0) is 6.92 Å². The number of amides is 1. The van der Waals surface area contributed by atoms with Gasteiger partial charge in [0.1, 0.15) is 6.61 Å². The molecule has 1 amide bonds. The molecule has 0 aliphatic rings. The molecule has 1 aromatic rings. The first-order valence-corrected chi connectivity index (χ1v) is 4.51. The zero-order valence-corrected chi connectivity index (χ0v) is 8.06. The van der Waals surface area contributed by atoms with Crippen LogP contribution in [0.5, 0.6) is 0 Å². The molecule has 0 aliphatic heterocycles. The molecule has 0 unspecified atom stereocenters. The average molecular weight is 198 g/mol. The smallest absolute Gasteiger partial charge is 0.413 e. The SMILES string of the molecule is C=CCOC(=O)Nc1ncc(C)s1. The summed E-state index contributed by atoms with van der Waals surface area (Å²) in [6.07, 6.45) is 2.69. The van der Waals surface area contributed by atoms with Crippen LogP contribution in [0.1, 0.15) is 4.88 Å². The lowest BCUT2D eigenvalue weighted by atomic mass is 10.7. The summed E-state index contributed by atoms with van der Waals surface area (Å²) < 4.78 is 4.70. The number of hydrogen-bond donors (Lipinski definition) is 1. The molecule has 4 nitrogen and oxygen atoms in total. The van der Waals surface area contributed by atoms with Gasteiger partial charge in [-0.25, -0.2) is 9.78 Å². The van der Waals surface area contributed by atoms with E-state index in [4.69, 9.17) is 4.74 Å². The van der Waals surface area contributed by atoms with Crippen molar-refractivity contribution in [1.82, 2.24) is 4.98 Å². The zero-order valence-electron chi connectivity index (χ0n) is 7.24. The molecule has 0 bridgehead atoms. The number of rotatable bonds is 3. The van der Waals surface area contributed by atoms with Crippen molar-refractivity contribution in [2.75, 3.05) is 11.9 Å². The molecule has 0 spiro atoms. The van der Waals surface area contributed by atoms with Crippen molar-refractivity contribution in [3.63, 3.8) is 0 Å². The highest BCUT2D eigenvalue weighted by atomic mass is 32.1. The predicted molar refractivity (Wildman–Crippen MR) is 52.0 cm³/mol. The van der Waals surface area contributed by atoms with E-state index in [2.05, 4.69) is 16.9 Å². The third-order valence-corrected chi connectivity index (χ3v) is 1.99. The van der Waals surface area contributed by atoms with Crippen LogP contribution in [-0.4, -0.2) is 17.7 Å². The van der Waals surface area contributed by atoms with Gasteiger partial charge >= 0.3 is 6.09 Å². The van der Waals surface area contributed by atoms with Crippen molar-refractivity contribution in [3.8, 4) is 0 Å². The lowest BCUT2D eigenvalue weighted by molar-refractivity contribution is 0.174. The molecule has 0 saturated carbocycles. The Morgan fingerprint density at radius 1 is 1.92 bits per heavy atom. The van der Waals surface area contributed by atoms with E-state index < -0.39 is 6.09 Å². The van der Waals surface area contributed by atoms with Crippen LogP contribution in [-0.2, 0) is 4.74 Å². The van der Waals surface area contributed by atoms with Crippen LogP contribution in [0.15, 0.2) is 18.9 Å². The minimum absolute atomic E-state index is 0.205. The van der Waals surface area contributed by atoms with E-state index in [1.165, 1.54) is 17.4 Å². The highest BCUT2D eigenvalue weighted by Gasteiger charge is 2.04. The molecule has 0 radical (unpaired) electrons. The van der Waals surface area contributed by atoms with Gasteiger partial charge in [-0.1, -0.05) is 12.7 Å². The Kier molecular flexibility index (Phi) is 3.45. The molecule has 0 saturated heterocycles. The topological polar surface area (TPSA) is 51.2 Å². The zero-order chi connectivity index (χ0) is 9.68. The highest BCUT2D eigenvalue weighted by Crippen LogP contribution is 2.16. The largest absolute Gasteiger partial charge is 0.445 e. The second kappa shape index (κ2) is 4.61. The number of aryl methyl sites for hydroxylation is 1. The first kappa shape index (κ1) is 9.73. The molecule has 0 aliphatic carbocycles. The van der Waals surface area contributed by atoms with Crippen molar-refractivity contribution in [2.24, 2.45) is 0 Å². The quantitative estimate of drug-likeness (QED) is 0.757. The van der Waals surface area contributed by atoms with Crippen LogP contribution in [0.25, 0.3) is 0 Å². The molecule has 1 N–H and O–H groups in total. The summed E-state index contributed by atoms with van der Waals surface area (Å²) in [7, 11) is 0. The number of nitrogens with zero attached hydrogens (tertiary/aromatic N) is 1. The van der Waals surface area contributed by atoms with E-state index >= 15 is 0 Å². The van der Waals surface area contributed by atoms with Crippen LogP contribution in [0.2, 0.25) is 0 Å². The van der Waals surface area contributed by atoms with Gasteiger partial charge in [0.25, 0.3) is 0 Å². The Hall–Kier alpha value is -1.36. The second-order valence-electron chi connectivity index (χ2n) is 2.29. The number of aromatic nitrogens is 1. The monoisotopic (exact) mass is 198 g/mol. The number of thiazole rings is 1. The van der Waals surface area contributed by atoms with Crippen LogP contribution in [0.3, 0.4) is 0 Å². The third kappa shape index (κ3) is 3.25. The Morgan fingerprint density at radius 2 is 2.69 bits per heavy atom. The molecule has 70 valence electrons. The molecule has 13 heavy (non-hydrogen) atoms. The fourth-order valence-electron chi connectivity index (χ4n) is 0.671. The van der Waals surface area contributed by atoms with E-state index in [0.29, 0.717) is 5.13 Å². The minimum Gasteiger partial charge on any atom is -0.445 e. The Morgan fingerprint density at radius 3 is 3.23 bits per heavy atom. The summed E-state index contributed by atoms with van der Waals surface area (Å²) >= 11 is 1.40. The van der Waals surface area contributed by atoms with Crippen molar-refractivity contribution in [1.29, 1.82) is 0 Å². The summed E-state index contributed by atoms with van der Waals surface area (Å²) in [5.41, 5.74) is 0. The summed E-state index contributed by atoms with van der Waals surface area (Å²) in [4.78, 5) is 16.0. The number of hydrogen-bond acceptors (Lipinski definition) is 4. The van der Waals surface area contributed by atoms with Crippen molar-refractivity contribution >= 4 is 22.6 Å². The summed E-state index contributed by atoms with van der Waals surface area (Å²) in [6.45, 7) is 5.54. The third-order valence-electron chi connectivity index (χ3n) is 1.16. The highest BCUT2D eigenvalue weighted by molar-refractivity contribution is 7.15. The number of ether oxygens (including phenoxy) is 1. The van der Waals surface area contributed by atoms with E-state index in [1.54, 1.807) is 6.20 Å². The van der Waals surface area contributed by atoms with E-state index in [9.17, 15) is 4.79 Å². The molecule has 0 fully saturated rings. The van der Waals surface area contributed by atoms with Gasteiger partial charge in [-0.15, -0.1) is 11.3 Å². The minimum atomic E-state index is -0.505. The van der Waals surface area contributed by atoms with Gasteiger partial charge in [0.15, 0.2) is 5.13 Å². The molecule has 1 heterocycles. The van der Waals surface area contributed by atoms with Crippen LogP contribution >= 0.6 is 11.3 Å². The van der Waals surface area contributed by atoms with Crippen molar-refractivity contribution in [3.05, 3.63) is 23.7 Å². The average Bonchev–Trinajstić information content (AvgIpc) is 2.48. The maximum atomic E-state index is 11.0. The van der Waals surface area contributed by atoms with Gasteiger partial charge in [0.05, 0.1) is 0 Å². The standard InChI is InChI=1S/C8H10N2O2S/c1-3-4-12-8(11)10-7-9-5-6(2)13-7/h3,5H,1,4H2,2H3,(H,9,10,11). The Balaban J connectivity index is 2.40. The Labute approximate surface area is 80.3 Å². The Bertz CT molecular complexity index is 309.